The Balaban J connectivity index is 0.00000361. The van der Waals surface area contributed by atoms with Gasteiger partial charge in [-0.15, -0.1) is 12.4 Å². The van der Waals surface area contributed by atoms with Gasteiger partial charge in [-0.05, 0) is 13.3 Å². The van der Waals surface area contributed by atoms with Crippen LogP contribution in [0.25, 0.3) is 0 Å². The summed E-state index contributed by atoms with van der Waals surface area (Å²) in [5, 5.41) is 0. The number of carbonyl (C=O) groups excluding carboxylic acids is 1. The van der Waals surface area contributed by atoms with E-state index in [-0.39, 0.29) is 31.4 Å². The van der Waals surface area contributed by atoms with E-state index in [1.807, 2.05) is 6.92 Å². The molecule has 2 N–H and O–H groups in total. The van der Waals surface area contributed by atoms with Gasteiger partial charge in [-0.1, -0.05) is 13.3 Å². The van der Waals surface area contributed by atoms with Crippen LogP contribution in [0.2, 0.25) is 0 Å². The number of hydrogen-bond acceptors (Lipinski definition) is 3. The molecule has 0 aromatic carbocycles. The van der Waals surface area contributed by atoms with E-state index in [1.165, 1.54) is 4.90 Å². The van der Waals surface area contributed by atoms with Crippen LogP contribution in [0.3, 0.4) is 0 Å². The molecule has 1 heterocycles. The quantitative estimate of drug-likeness (QED) is 0.857. The second-order valence-corrected chi connectivity index (χ2v) is 4.97. The zero-order valence-electron chi connectivity index (χ0n) is 11.8. The van der Waals surface area contributed by atoms with Gasteiger partial charge in [-0.3, -0.25) is 9.69 Å². The Bertz CT molecular complexity index is 307. The molecule has 0 radical (unpaired) electrons. The highest BCUT2D eigenvalue weighted by Crippen LogP contribution is 2.25. The molecule has 20 heavy (non-hydrogen) atoms. The SMILES string of the molecule is CCCC(N)C(=O)N1CCN(C(C)C(F)(F)F)CC1.Cl. The molecule has 1 rings (SSSR count). The molecule has 4 nitrogen and oxygen atoms in total. The smallest absolute Gasteiger partial charge is 0.339 e. The predicted molar refractivity (Wildman–Crippen MR) is 73.8 cm³/mol. The van der Waals surface area contributed by atoms with E-state index in [9.17, 15) is 18.0 Å². The number of carbonyl (C=O) groups is 1. The van der Waals surface area contributed by atoms with E-state index < -0.39 is 18.3 Å². The van der Waals surface area contributed by atoms with E-state index in [0.717, 1.165) is 13.3 Å². The van der Waals surface area contributed by atoms with Gasteiger partial charge >= 0.3 is 6.18 Å². The first-order chi connectivity index (χ1) is 8.77. The molecular formula is C12H23ClF3N3O. The Hall–Kier alpha value is -0.530. The van der Waals surface area contributed by atoms with Crippen molar-refractivity contribution >= 4 is 18.3 Å². The van der Waals surface area contributed by atoms with Crippen LogP contribution < -0.4 is 5.73 Å². The highest BCUT2D eigenvalue weighted by molar-refractivity contribution is 5.85. The minimum atomic E-state index is -4.22. The molecule has 1 saturated heterocycles. The molecule has 1 amide bonds. The second-order valence-electron chi connectivity index (χ2n) is 4.97. The second kappa shape index (κ2) is 8.05. The first-order valence-corrected chi connectivity index (χ1v) is 6.62. The van der Waals surface area contributed by atoms with Crippen molar-refractivity contribution in [2.45, 2.75) is 44.9 Å². The number of alkyl halides is 3. The van der Waals surface area contributed by atoms with Crippen LogP contribution in [-0.4, -0.2) is 60.1 Å². The van der Waals surface area contributed by atoms with Crippen LogP contribution >= 0.6 is 12.4 Å². The van der Waals surface area contributed by atoms with E-state index in [4.69, 9.17) is 5.73 Å². The minimum absolute atomic E-state index is 0. The van der Waals surface area contributed by atoms with Gasteiger partial charge < -0.3 is 10.6 Å². The largest absolute Gasteiger partial charge is 0.403 e. The third-order valence-electron chi connectivity index (χ3n) is 3.56. The van der Waals surface area contributed by atoms with Gasteiger partial charge in [0.25, 0.3) is 0 Å². The van der Waals surface area contributed by atoms with Gasteiger partial charge in [-0.2, -0.15) is 13.2 Å². The van der Waals surface area contributed by atoms with Crippen LogP contribution in [0.5, 0.6) is 0 Å². The highest BCUT2D eigenvalue weighted by atomic mass is 35.5. The van der Waals surface area contributed by atoms with Gasteiger partial charge in [-0.25, -0.2) is 0 Å². The summed E-state index contributed by atoms with van der Waals surface area (Å²) in [5.41, 5.74) is 5.74. The maximum absolute atomic E-state index is 12.6. The molecular weight excluding hydrogens is 295 g/mol. The molecule has 0 aromatic rings. The molecule has 1 aliphatic heterocycles. The van der Waals surface area contributed by atoms with Gasteiger partial charge in [0.15, 0.2) is 0 Å². The molecule has 0 aromatic heterocycles. The van der Waals surface area contributed by atoms with Gasteiger partial charge in [0.1, 0.15) is 6.04 Å². The van der Waals surface area contributed by atoms with E-state index in [2.05, 4.69) is 0 Å². The lowest BCUT2D eigenvalue weighted by Gasteiger charge is -2.39. The number of nitrogens with two attached hydrogens (primary N) is 1. The summed E-state index contributed by atoms with van der Waals surface area (Å²) in [4.78, 5) is 14.8. The lowest BCUT2D eigenvalue weighted by atomic mass is 10.1. The fourth-order valence-corrected chi connectivity index (χ4v) is 2.21. The topological polar surface area (TPSA) is 49.6 Å². The average molecular weight is 318 g/mol. The lowest BCUT2D eigenvalue weighted by molar-refractivity contribution is -0.183. The maximum Gasteiger partial charge on any atom is 0.403 e. The van der Waals surface area contributed by atoms with Crippen molar-refractivity contribution in [1.29, 1.82) is 0 Å². The van der Waals surface area contributed by atoms with E-state index >= 15 is 0 Å². The summed E-state index contributed by atoms with van der Waals surface area (Å²) in [7, 11) is 0. The van der Waals surface area contributed by atoms with Crippen molar-refractivity contribution in [3.05, 3.63) is 0 Å². The molecule has 1 fully saturated rings. The van der Waals surface area contributed by atoms with Gasteiger partial charge in [0.05, 0.1) is 6.04 Å². The fourth-order valence-electron chi connectivity index (χ4n) is 2.21. The molecule has 0 bridgehead atoms. The monoisotopic (exact) mass is 317 g/mol. The van der Waals surface area contributed by atoms with Gasteiger partial charge in [0.2, 0.25) is 5.91 Å². The van der Waals surface area contributed by atoms with Crippen molar-refractivity contribution in [3.8, 4) is 0 Å². The Morgan fingerprint density at radius 2 is 1.75 bits per heavy atom. The first-order valence-electron chi connectivity index (χ1n) is 6.62. The molecule has 120 valence electrons. The van der Waals surface area contributed by atoms with Crippen molar-refractivity contribution in [1.82, 2.24) is 9.80 Å². The molecule has 0 spiro atoms. The number of rotatable bonds is 4. The van der Waals surface area contributed by atoms with Crippen molar-refractivity contribution < 1.29 is 18.0 Å². The fraction of sp³-hybridized carbons (Fsp3) is 0.917. The Morgan fingerprint density at radius 1 is 1.25 bits per heavy atom. The van der Waals surface area contributed by atoms with Crippen LogP contribution in [0.15, 0.2) is 0 Å². The lowest BCUT2D eigenvalue weighted by Crippen LogP contribution is -2.57. The number of piperazine rings is 1. The molecule has 0 aliphatic carbocycles. The maximum atomic E-state index is 12.6. The highest BCUT2D eigenvalue weighted by Gasteiger charge is 2.41. The number of nitrogens with zero attached hydrogens (tertiary/aromatic N) is 2. The summed E-state index contributed by atoms with van der Waals surface area (Å²) in [6, 6.07) is -1.99. The summed E-state index contributed by atoms with van der Waals surface area (Å²) in [5.74, 6) is -0.152. The van der Waals surface area contributed by atoms with Crippen molar-refractivity contribution in [2.75, 3.05) is 26.2 Å². The third-order valence-corrected chi connectivity index (χ3v) is 3.56. The third kappa shape index (κ3) is 5.10. The van der Waals surface area contributed by atoms with Crippen LogP contribution in [0.1, 0.15) is 26.7 Å². The number of amides is 1. The Morgan fingerprint density at radius 3 is 2.15 bits per heavy atom. The molecule has 2 unspecified atom stereocenters. The summed E-state index contributed by atoms with van der Waals surface area (Å²) in [6.45, 7) is 4.21. The Kier molecular flexibility index (Phi) is 7.83. The molecule has 0 saturated carbocycles. The average Bonchev–Trinajstić information content (AvgIpc) is 2.36. The Labute approximate surface area is 123 Å². The van der Waals surface area contributed by atoms with E-state index in [0.29, 0.717) is 19.5 Å². The predicted octanol–water partition coefficient (Wildman–Crippen LogP) is 1.63. The number of hydrogen-bond donors (Lipinski definition) is 1. The van der Waals surface area contributed by atoms with Crippen molar-refractivity contribution in [2.24, 2.45) is 5.73 Å². The van der Waals surface area contributed by atoms with Crippen LogP contribution in [-0.2, 0) is 4.79 Å². The first kappa shape index (κ1) is 19.5. The van der Waals surface area contributed by atoms with Crippen molar-refractivity contribution in [3.63, 3.8) is 0 Å². The number of halogens is 4. The standard InChI is InChI=1S/C12H22F3N3O.ClH/c1-3-4-10(16)11(19)18-7-5-17(6-8-18)9(2)12(13,14)15;/h9-10H,3-8,16H2,1-2H3;1H. The minimum Gasteiger partial charge on any atom is -0.339 e. The zero-order chi connectivity index (χ0) is 14.6. The molecule has 1 aliphatic rings. The van der Waals surface area contributed by atoms with Gasteiger partial charge in [0, 0.05) is 26.2 Å². The summed E-state index contributed by atoms with van der Waals surface area (Å²) in [6.07, 6.45) is -2.79. The zero-order valence-corrected chi connectivity index (χ0v) is 12.6. The molecule has 8 heteroatoms. The summed E-state index contributed by atoms with van der Waals surface area (Å²) >= 11 is 0. The van der Waals surface area contributed by atoms with E-state index in [1.54, 1.807) is 4.90 Å². The van der Waals surface area contributed by atoms with Crippen LogP contribution in [0, 0.1) is 0 Å². The normalized spacial score (nSPS) is 20.2. The van der Waals surface area contributed by atoms with Crippen LogP contribution in [0.4, 0.5) is 13.2 Å². The molecule has 2 atom stereocenters. The summed E-state index contributed by atoms with van der Waals surface area (Å²) < 4.78 is 37.7.